The van der Waals surface area contributed by atoms with E-state index in [2.05, 4.69) is 17.1 Å². The topological polar surface area (TPSA) is 166 Å². The van der Waals surface area contributed by atoms with Crippen molar-refractivity contribution in [2.45, 2.75) is 27.2 Å². The van der Waals surface area contributed by atoms with E-state index in [0.29, 0.717) is 71.1 Å². The fourth-order valence-corrected chi connectivity index (χ4v) is 2.09. The quantitative estimate of drug-likeness (QED) is 0.0839. The van der Waals surface area contributed by atoms with Crippen LogP contribution < -0.4 is 21.9 Å². The molecule has 0 aliphatic carbocycles. The van der Waals surface area contributed by atoms with Gasteiger partial charge in [0.05, 0.1) is 46.2 Å². The van der Waals surface area contributed by atoms with Crippen LogP contribution in [0.25, 0.3) is 0 Å². The molecule has 35 heavy (non-hydrogen) atoms. The average molecular weight is 498 g/mol. The van der Waals surface area contributed by atoms with Crippen LogP contribution in [0.4, 0.5) is 0 Å². The second-order valence-corrected chi connectivity index (χ2v) is 7.40. The summed E-state index contributed by atoms with van der Waals surface area (Å²) in [5.41, 5.74) is 17.0. The minimum Gasteiger partial charge on any atom is -0.491 e. The van der Waals surface area contributed by atoms with Gasteiger partial charge in [0.15, 0.2) is 5.84 Å². The van der Waals surface area contributed by atoms with E-state index in [1.54, 1.807) is 13.8 Å². The van der Waals surface area contributed by atoms with Crippen molar-refractivity contribution < 1.29 is 28.5 Å². The van der Waals surface area contributed by atoms with Crippen molar-refractivity contribution in [1.29, 1.82) is 0 Å². The van der Waals surface area contributed by atoms with Gasteiger partial charge in [-0.05, 0) is 37.6 Å². The third-order valence-corrected chi connectivity index (χ3v) is 4.03. The molecule has 0 amide bonds. The normalized spacial score (nSPS) is 12.6. The van der Waals surface area contributed by atoms with Crippen LogP contribution in [0.5, 0.6) is 5.75 Å². The van der Waals surface area contributed by atoms with Gasteiger partial charge in [0.1, 0.15) is 24.5 Å². The zero-order valence-corrected chi connectivity index (χ0v) is 21.3. The number of nitrogens with two attached hydrogens (primary N) is 3. The second-order valence-electron chi connectivity index (χ2n) is 7.40. The second kappa shape index (κ2) is 23.2. The highest BCUT2D eigenvalue weighted by atomic mass is 16.6. The first kappa shape index (κ1) is 32.4. The number of nitrogens with zero attached hydrogens (tertiary/aromatic N) is 2. The molecule has 0 saturated carbocycles. The minimum atomic E-state index is 0.0324. The minimum absolute atomic E-state index is 0.0324. The maximum atomic E-state index is 9.66. The molecule has 1 rings (SSSR count). The maximum absolute atomic E-state index is 9.66. The lowest BCUT2D eigenvalue weighted by Crippen LogP contribution is -2.14. The molecule has 200 valence electrons. The number of carbonyl (C=O) groups is 1. The summed E-state index contributed by atoms with van der Waals surface area (Å²) in [5, 5.41) is 7.57. The molecule has 6 N–H and O–H groups in total. The van der Waals surface area contributed by atoms with Crippen LogP contribution in [0.1, 0.15) is 32.8 Å². The van der Waals surface area contributed by atoms with Crippen molar-refractivity contribution in [2.75, 3.05) is 66.0 Å². The van der Waals surface area contributed by atoms with Crippen molar-refractivity contribution in [3.05, 3.63) is 29.8 Å². The lowest BCUT2D eigenvalue weighted by molar-refractivity contribution is -0.110. The zero-order valence-electron chi connectivity index (χ0n) is 21.3. The number of carbonyl (C=O) groups excluding carboxylic acids is 1. The molecule has 1 aromatic rings. The van der Waals surface area contributed by atoms with Crippen molar-refractivity contribution in [2.24, 2.45) is 33.3 Å². The third-order valence-electron chi connectivity index (χ3n) is 4.03. The van der Waals surface area contributed by atoms with Gasteiger partial charge in [-0.25, -0.2) is 0 Å². The van der Waals surface area contributed by atoms with Gasteiger partial charge in [0.2, 0.25) is 0 Å². The molecule has 1 aromatic carbocycles. The van der Waals surface area contributed by atoms with Crippen LogP contribution in [0.15, 0.2) is 34.5 Å². The van der Waals surface area contributed by atoms with E-state index in [1.807, 2.05) is 24.3 Å². The zero-order chi connectivity index (χ0) is 26.2. The Morgan fingerprint density at radius 2 is 1.34 bits per heavy atom. The Kier molecular flexibility index (Phi) is 21.5. The van der Waals surface area contributed by atoms with E-state index in [1.165, 1.54) is 0 Å². The van der Waals surface area contributed by atoms with Crippen LogP contribution in [0.3, 0.4) is 0 Å². The molecule has 0 aromatic heterocycles. The number of amidine groups is 2. The number of ether oxygens (including phenoxy) is 5. The molecule has 1 atom stereocenters. The first-order chi connectivity index (χ1) is 16.9. The number of benzene rings is 1. The molecule has 0 saturated heterocycles. The highest BCUT2D eigenvalue weighted by molar-refractivity contribution is 5.97. The molecule has 11 heteroatoms. The first-order valence-corrected chi connectivity index (χ1v) is 11.8. The molecule has 0 heterocycles. The fraction of sp³-hybridized carbons (Fsp3) is 0.625. The number of hydrogen-bond acceptors (Lipinski definition) is 9. The largest absolute Gasteiger partial charge is 0.491 e. The Balaban J connectivity index is 0.00000170. The molecule has 0 bridgehead atoms. The SMILES string of the molecule is CC(C=O)CN.CCCOCCOCCOCCOCCOc1ccc(/C(N)=N/N=C(/C)N)cc1. The standard InChI is InChI=1S/C20H34N4O5.C4H9NO/c1-3-8-25-9-10-26-11-12-27-13-14-28-15-16-29-19-6-4-18(5-7-19)20(22)24-23-17(2)21;1-4(2-5)3-6/h4-7H,3,8-16H2,1-2H3,(H2,21,23)(H2,22,24);3-4H,2,5H2,1H3. The highest BCUT2D eigenvalue weighted by Crippen LogP contribution is 2.12. The van der Waals surface area contributed by atoms with Crippen LogP contribution in [0.2, 0.25) is 0 Å². The van der Waals surface area contributed by atoms with Crippen molar-refractivity contribution in [1.82, 2.24) is 0 Å². The molecule has 1 unspecified atom stereocenters. The maximum Gasteiger partial charge on any atom is 0.153 e. The summed E-state index contributed by atoms with van der Waals surface area (Å²) in [6.45, 7) is 11.0. The van der Waals surface area contributed by atoms with Crippen molar-refractivity contribution in [3.8, 4) is 5.75 Å². The van der Waals surface area contributed by atoms with Gasteiger partial charge < -0.3 is 45.7 Å². The fourth-order valence-electron chi connectivity index (χ4n) is 2.09. The number of hydrogen-bond donors (Lipinski definition) is 3. The van der Waals surface area contributed by atoms with E-state index in [4.69, 9.17) is 40.9 Å². The van der Waals surface area contributed by atoms with E-state index < -0.39 is 0 Å². The van der Waals surface area contributed by atoms with Crippen LogP contribution in [0, 0.1) is 5.92 Å². The molecular weight excluding hydrogens is 454 g/mol. The van der Waals surface area contributed by atoms with Crippen LogP contribution in [-0.4, -0.2) is 84.0 Å². The summed E-state index contributed by atoms with van der Waals surface area (Å²) in [6.07, 6.45) is 1.87. The summed E-state index contributed by atoms with van der Waals surface area (Å²) in [7, 11) is 0. The van der Waals surface area contributed by atoms with Gasteiger partial charge in [0.25, 0.3) is 0 Å². The molecule has 0 fully saturated rings. The molecule has 0 aliphatic heterocycles. The van der Waals surface area contributed by atoms with E-state index >= 15 is 0 Å². The van der Waals surface area contributed by atoms with E-state index in [9.17, 15) is 4.79 Å². The Hall–Kier alpha value is -2.57. The van der Waals surface area contributed by atoms with E-state index in [0.717, 1.165) is 30.6 Å². The van der Waals surface area contributed by atoms with Gasteiger partial charge in [-0.15, -0.1) is 10.2 Å². The van der Waals surface area contributed by atoms with Gasteiger partial charge in [-0.1, -0.05) is 13.8 Å². The molecular formula is C24H43N5O6. The molecule has 0 radical (unpaired) electrons. The summed E-state index contributed by atoms with van der Waals surface area (Å²) in [5.74, 6) is 1.39. The molecule has 0 spiro atoms. The average Bonchev–Trinajstić information content (AvgIpc) is 2.87. The summed E-state index contributed by atoms with van der Waals surface area (Å²) < 4.78 is 27.2. The van der Waals surface area contributed by atoms with Crippen molar-refractivity contribution >= 4 is 18.0 Å². The number of aldehydes is 1. The lowest BCUT2D eigenvalue weighted by atomic mass is 10.2. The van der Waals surface area contributed by atoms with Gasteiger partial charge >= 0.3 is 0 Å². The summed E-state index contributed by atoms with van der Waals surface area (Å²) >= 11 is 0. The lowest BCUT2D eigenvalue weighted by Gasteiger charge is -2.09. The summed E-state index contributed by atoms with van der Waals surface area (Å²) in [6, 6.07) is 7.24. The van der Waals surface area contributed by atoms with Crippen LogP contribution in [-0.2, 0) is 23.7 Å². The van der Waals surface area contributed by atoms with Gasteiger partial charge in [-0.2, -0.15) is 0 Å². The molecule has 0 aliphatic rings. The Bertz CT molecular complexity index is 696. The molecule has 11 nitrogen and oxygen atoms in total. The van der Waals surface area contributed by atoms with Crippen molar-refractivity contribution in [3.63, 3.8) is 0 Å². The number of rotatable bonds is 19. The first-order valence-electron chi connectivity index (χ1n) is 11.8. The third kappa shape index (κ3) is 20.5. The van der Waals surface area contributed by atoms with Crippen LogP contribution >= 0.6 is 0 Å². The smallest absolute Gasteiger partial charge is 0.153 e. The van der Waals surface area contributed by atoms with Gasteiger partial charge in [-0.3, -0.25) is 0 Å². The Morgan fingerprint density at radius 1 is 0.857 bits per heavy atom. The summed E-state index contributed by atoms with van der Waals surface area (Å²) in [4.78, 5) is 9.66. The monoisotopic (exact) mass is 497 g/mol. The predicted molar refractivity (Wildman–Crippen MR) is 138 cm³/mol. The highest BCUT2D eigenvalue weighted by Gasteiger charge is 2.00. The Morgan fingerprint density at radius 3 is 1.74 bits per heavy atom. The Labute approximate surface area is 209 Å². The van der Waals surface area contributed by atoms with Gasteiger partial charge in [0, 0.05) is 24.6 Å². The van der Waals surface area contributed by atoms with E-state index in [-0.39, 0.29) is 5.92 Å². The predicted octanol–water partition coefficient (Wildman–Crippen LogP) is 1.32.